The second kappa shape index (κ2) is 14.5. The van der Waals surface area contributed by atoms with Crippen LogP contribution in [-0.4, -0.2) is 63.2 Å². The quantitative estimate of drug-likeness (QED) is 0.306. The van der Waals surface area contributed by atoms with Gasteiger partial charge in [0, 0.05) is 19.7 Å². The number of amides is 1. The molecule has 0 bridgehead atoms. The third kappa shape index (κ3) is 8.68. The van der Waals surface area contributed by atoms with Gasteiger partial charge in [0.25, 0.3) is 0 Å². The van der Waals surface area contributed by atoms with Crippen LogP contribution < -0.4 is 10.2 Å². The Morgan fingerprint density at radius 2 is 1.81 bits per heavy atom. The monoisotopic (exact) mass is 543 g/mol. The number of nitrogens with zero attached hydrogens (tertiary/aromatic N) is 2. The Balaban J connectivity index is 0.00000456. The van der Waals surface area contributed by atoms with Crippen molar-refractivity contribution in [2.45, 2.75) is 54.7 Å². The minimum absolute atomic E-state index is 0. The van der Waals surface area contributed by atoms with Gasteiger partial charge in [-0.25, -0.2) is 13.4 Å². The average molecular weight is 544 g/mol. The Hall–Kier alpha value is -2.28. The lowest BCUT2D eigenvalue weighted by Gasteiger charge is -2.28. The number of hydroxylamine groups is 1. The number of hydrogen-bond donors (Lipinski definition) is 2. The Morgan fingerprint density at radius 3 is 2.44 bits per heavy atom. The third-order valence-corrected chi connectivity index (χ3v) is 7.61. The molecule has 200 valence electrons. The molecule has 0 radical (unpaired) electrons. The third-order valence-electron chi connectivity index (χ3n) is 5.94. The minimum atomic E-state index is -3.85. The summed E-state index contributed by atoms with van der Waals surface area (Å²) in [5.74, 6) is 0.477. The molecule has 0 aliphatic heterocycles. The molecule has 2 aromatic rings. The van der Waals surface area contributed by atoms with Crippen molar-refractivity contribution in [3.63, 3.8) is 0 Å². The van der Waals surface area contributed by atoms with E-state index in [2.05, 4.69) is 10.4 Å². The summed E-state index contributed by atoms with van der Waals surface area (Å²) in [5, 5.41) is 10.7. The average Bonchev–Trinajstić information content (AvgIpc) is 2.85. The first-order chi connectivity index (χ1) is 16.8. The van der Waals surface area contributed by atoms with Crippen LogP contribution in [0.15, 0.2) is 52.5 Å². The van der Waals surface area contributed by atoms with Gasteiger partial charge in [0.2, 0.25) is 15.7 Å². The number of hydrogen-bond acceptors (Lipinski definition) is 9. The fourth-order valence-corrected chi connectivity index (χ4v) is 5.28. The maximum atomic E-state index is 12.9. The van der Waals surface area contributed by atoms with Crippen LogP contribution in [-0.2, 0) is 30.7 Å². The van der Waals surface area contributed by atoms with Gasteiger partial charge in [-0.1, -0.05) is 5.17 Å². The van der Waals surface area contributed by atoms with Crippen molar-refractivity contribution in [2.24, 2.45) is 5.92 Å². The lowest BCUT2D eigenvalue weighted by atomic mass is 9.85. The topological polar surface area (TPSA) is 127 Å². The zero-order chi connectivity index (χ0) is 25.3. The Bertz CT molecular complexity index is 1060. The molecule has 1 fully saturated rings. The fourth-order valence-electron chi connectivity index (χ4n) is 4.04. The van der Waals surface area contributed by atoms with E-state index < -0.39 is 9.84 Å². The van der Waals surface area contributed by atoms with E-state index in [0.717, 1.165) is 25.7 Å². The Kier molecular flexibility index (Phi) is 12.0. The molecule has 1 amide bonds. The molecule has 1 aromatic heterocycles. The number of hydrazine groups is 1. The van der Waals surface area contributed by atoms with Gasteiger partial charge in [0.15, 0.2) is 5.03 Å². The Morgan fingerprint density at radius 1 is 1.11 bits per heavy atom. The predicted molar refractivity (Wildman–Crippen MR) is 134 cm³/mol. The highest BCUT2D eigenvalue weighted by Gasteiger charge is 2.24. The summed E-state index contributed by atoms with van der Waals surface area (Å²) in [6.45, 7) is 1.05. The van der Waals surface area contributed by atoms with E-state index in [1.165, 1.54) is 31.5 Å². The largest absolute Gasteiger partial charge is 0.497 e. The summed E-state index contributed by atoms with van der Waals surface area (Å²) >= 11 is 0. The molecule has 1 aliphatic carbocycles. The van der Waals surface area contributed by atoms with E-state index in [-0.39, 0.29) is 46.8 Å². The number of pyridine rings is 1. The molecule has 1 heterocycles. The molecule has 1 aromatic carbocycles. The minimum Gasteiger partial charge on any atom is -0.497 e. The fraction of sp³-hybridized carbons (Fsp3) is 0.500. The molecule has 10 nitrogen and oxygen atoms in total. The summed E-state index contributed by atoms with van der Waals surface area (Å²) in [6, 6.07) is 8.96. The number of nitrogens with one attached hydrogen (secondary N) is 1. The van der Waals surface area contributed by atoms with Crippen LogP contribution in [0.3, 0.4) is 0 Å². The van der Waals surface area contributed by atoms with Crippen molar-refractivity contribution in [1.29, 1.82) is 0 Å². The molecule has 3 rings (SSSR count). The molecular formula is C24H34ClN3O7S. The van der Waals surface area contributed by atoms with Crippen LogP contribution in [0.5, 0.6) is 5.75 Å². The second-order valence-electron chi connectivity index (χ2n) is 8.48. The molecule has 0 saturated heterocycles. The van der Waals surface area contributed by atoms with Crippen LogP contribution >= 0.6 is 12.4 Å². The number of aromatic nitrogens is 1. The number of carbonyl (C=O) groups excluding carboxylic acids is 1. The molecule has 1 saturated carbocycles. The van der Waals surface area contributed by atoms with Crippen LogP contribution in [0.2, 0.25) is 0 Å². The maximum absolute atomic E-state index is 12.9. The number of methoxy groups -OCH3 is 2. The highest BCUT2D eigenvalue weighted by Crippen LogP contribution is 2.28. The van der Waals surface area contributed by atoms with Crippen molar-refractivity contribution in [3.8, 4) is 5.75 Å². The first-order valence-corrected chi connectivity index (χ1v) is 13.0. The number of carbonyl (C=O) groups is 1. The zero-order valence-corrected chi connectivity index (χ0v) is 22.1. The van der Waals surface area contributed by atoms with Crippen LogP contribution in [0, 0.1) is 5.92 Å². The van der Waals surface area contributed by atoms with Crippen LogP contribution in [0.4, 0.5) is 0 Å². The van der Waals surface area contributed by atoms with Crippen molar-refractivity contribution in [2.75, 3.05) is 27.4 Å². The SMILES string of the molecule is COCCOC1CCC(CC(=O)NN(O)Cc2ccnc(S(=O)(=O)c3ccc(OC)cc3)c2)CC1.Cl. The van der Waals surface area contributed by atoms with Gasteiger partial charge < -0.3 is 14.2 Å². The highest BCUT2D eigenvalue weighted by atomic mass is 35.5. The van der Waals surface area contributed by atoms with Gasteiger partial charge in [-0.3, -0.25) is 15.4 Å². The lowest BCUT2D eigenvalue weighted by Crippen LogP contribution is -2.40. The summed E-state index contributed by atoms with van der Waals surface area (Å²) in [7, 11) is -0.709. The number of benzene rings is 1. The van der Waals surface area contributed by atoms with Crippen LogP contribution in [0.25, 0.3) is 0 Å². The summed E-state index contributed by atoms with van der Waals surface area (Å²) < 4.78 is 41.6. The van der Waals surface area contributed by atoms with E-state index >= 15 is 0 Å². The van der Waals surface area contributed by atoms with Crippen molar-refractivity contribution in [3.05, 3.63) is 48.2 Å². The highest BCUT2D eigenvalue weighted by molar-refractivity contribution is 7.91. The number of sulfone groups is 1. The summed E-state index contributed by atoms with van der Waals surface area (Å²) in [4.78, 5) is 16.4. The van der Waals surface area contributed by atoms with Gasteiger partial charge in [-0.15, -0.1) is 12.4 Å². The molecule has 2 N–H and O–H groups in total. The smallest absolute Gasteiger partial charge is 0.236 e. The van der Waals surface area contributed by atoms with Gasteiger partial charge >= 0.3 is 0 Å². The van der Waals surface area contributed by atoms with Crippen molar-refractivity contribution < 1.29 is 32.6 Å². The summed E-state index contributed by atoms with van der Waals surface area (Å²) in [6.07, 6.45) is 5.42. The number of halogens is 1. The van der Waals surface area contributed by atoms with Gasteiger partial charge in [0.1, 0.15) is 5.75 Å². The van der Waals surface area contributed by atoms with Crippen LogP contribution in [0.1, 0.15) is 37.7 Å². The maximum Gasteiger partial charge on any atom is 0.236 e. The molecule has 12 heteroatoms. The molecule has 36 heavy (non-hydrogen) atoms. The second-order valence-corrected chi connectivity index (χ2v) is 10.4. The van der Waals surface area contributed by atoms with Crippen molar-refractivity contribution in [1.82, 2.24) is 15.6 Å². The Labute approximate surface area is 218 Å². The van der Waals surface area contributed by atoms with E-state index in [4.69, 9.17) is 14.2 Å². The zero-order valence-electron chi connectivity index (χ0n) is 20.5. The summed E-state index contributed by atoms with van der Waals surface area (Å²) in [5.41, 5.74) is 2.93. The standard InChI is InChI=1S/C24H33N3O7S.ClH/c1-32-13-14-34-21-5-3-18(4-6-21)15-23(28)26-27(29)17-19-11-12-25-24(16-19)35(30,31)22-9-7-20(33-2)8-10-22;/h7-12,16,18,21,29H,3-6,13-15,17H2,1-2H3,(H,26,28);1H. The molecule has 1 aliphatic rings. The molecule has 0 spiro atoms. The molecule has 0 unspecified atom stereocenters. The molecular weight excluding hydrogens is 510 g/mol. The lowest BCUT2D eigenvalue weighted by molar-refractivity contribution is -0.166. The first-order valence-electron chi connectivity index (χ1n) is 11.5. The van der Waals surface area contributed by atoms with Gasteiger partial charge in [0.05, 0.1) is 37.9 Å². The first kappa shape index (κ1) is 29.9. The van der Waals surface area contributed by atoms with Gasteiger partial charge in [-0.05, 0) is 73.6 Å². The number of rotatable bonds is 12. The van der Waals surface area contributed by atoms with E-state index in [1.807, 2.05) is 0 Å². The predicted octanol–water partition coefficient (Wildman–Crippen LogP) is 3.18. The normalized spacial score (nSPS) is 17.9. The van der Waals surface area contributed by atoms with Crippen molar-refractivity contribution >= 4 is 28.2 Å². The van der Waals surface area contributed by atoms with E-state index in [1.54, 1.807) is 25.3 Å². The van der Waals surface area contributed by atoms with Gasteiger partial charge in [-0.2, -0.15) is 0 Å². The van der Waals surface area contributed by atoms with E-state index in [0.29, 0.717) is 36.1 Å². The van der Waals surface area contributed by atoms with E-state index in [9.17, 15) is 18.4 Å². The number of ether oxygens (including phenoxy) is 3. The molecule has 0 atom stereocenters.